The van der Waals surface area contributed by atoms with Gasteiger partial charge in [0, 0.05) is 12.1 Å². The Labute approximate surface area is 128 Å². The molecule has 118 valence electrons. The van der Waals surface area contributed by atoms with Crippen LogP contribution >= 0.6 is 0 Å². The molecule has 2 aromatic rings. The monoisotopic (exact) mass is 326 g/mol. The number of benzene rings is 2. The summed E-state index contributed by atoms with van der Waals surface area (Å²) in [6.45, 7) is 1.60. The van der Waals surface area contributed by atoms with Crippen LogP contribution in [0, 0.1) is 12.7 Å². The van der Waals surface area contributed by atoms with Gasteiger partial charge in [-0.3, -0.25) is 0 Å². The third-order valence-corrected chi connectivity index (χ3v) is 4.34. The van der Waals surface area contributed by atoms with E-state index in [0.29, 0.717) is 11.3 Å². The van der Waals surface area contributed by atoms with Crippen LogP contribution in [0.5, 0.6) is 17.2 Å². The molecule has 0 atom stereocenters. The lowest BCUT2D eigenvalue weighted by atomic mass is 10.2. The maximum absolute atomic E-state index is 13.1. The summed E-state index contributed by atoms with van der Waals surface area (Å²) in [5.74, 6) is -0.0230. The van der Waals surface area contributed by atoms with Gasteiger partial charge in [0.2, 0.25) is 0 Å². The van der Waals surface area contributed by atoms with E-state index in [4.69, 9.17) is 13.7 Å². The van der Waals surface area contributed by atoms with Crippen molar-refractivity contribution in [1.82, 2.24) is 0 Å². The molecule has 2 rings (SSSR count). The van der Waals surface area contributed by atoms with Gasteiger partial charge in [-0.15, -0.1) is 0 Å². The van der Waals surface area contributed by atoms with Crippen molar-refractivity contribution in [1.29, 1.82) is 0 Å². The fraction of sp³-hybridized carbons (Fsp3) is 0.200. The van der Waals surface area contributed by atoms with Crippen molar-refractivity contribution in [2.75, 3.05) is 14.2 Å². The van der Waals surface area contributed by atoms with Crippen molar-refractivity contribution in [2.24, 2.45) is 0 Å². The van der Waals surface area contributed by atoms with Crippen LogP contribution in [0.3, 0.4) is 0 Å². The van der Waals surface area contributed by atoms with Gasteiger partial charge in [-0.1, -0.05) is 6.07 Å². The lowest BCUT2D eigenvalue weighted by Crippen LogP contribution is -2.12. The van der Waals surface area contributed by atoms with Crippen molar-refractivity contribution in [2.45, 2.75) is 11.8 Å². The quantitative estimate of drug-likeness (QED) is 0.791. The molecule has 2 aromatic carbocycles. The molecular formula is C15H15FO5S. The SMILES string of the molecule is COc1cc(C)c(S(=O)(=O)Oc2cccc(F)c2)cc1OC. The first-order valence-electron chi connectivity index (χ1n) is 6.30. The third kappa shape index (κ3) is 3.30. The summed E-state index contributed by atoms with van der Waals surface area (Å²) in [5, 5.41) is 0. The normalized spacial score (nSPS) is 11.1. The molecule has 0 fully saturated rings. The largest absolute Gasteiger partial charge is 0.493 e. The van der Waals surface area contributed by atoms with Crippen LogP contribution in [0.25, 0.3) is 0 Å². The van der Waals surface area contributed by atoms with Gasteiger partial charge in [0.25, 0.3) is 0 Å². The summed E-state index contributed by atoms with van der Waals surface area (Å²) in [4.78, 5) is -0.0746. The van der Waals surface area contributed by atoms with Crippen LogP contribution in [0.15, 0.2) is 41.3 Å². The number of hydrogen-bond donors (Lipinski definition) is 0. The van der Waals surface area contributed by atoms with E-state index in [0.717, 1.165) is 6.07 Å². The third-order valence-electron chi connectivity index (χ3n) is 2.95. The fourth-order valence-corrected chi connectivity index (χ4v) is 3.07. The molecule has 0 aliphatic rings. The van der Waals surface area contributed by atoms with Gasteiger partial charge in [0.1, 0.15) is 16.5 Å². The zero-order valence-corrected chi connectivity index (χ0v) is 13.1. The summed E-state index contributed by atoms with van der Waals surface area (Å²) in [6.07, 6.45) is 0. The molecule has 0 radical (unpaired) electrons. The van der Waals surface area contributed by atoms with E-state index >= 15 is 0 Å². The van der Waals surface area contributed by atoms with Crippen LogP contribution < -0.4 is 13.7 Å². The van der Waals surface area contributed by atoms with Crippen molar-refractivity contribution in [3.63, 3.8) is 0 Å². The summed E-state index contributed by atoms with van der Waals surface area (Å²) >= 11 is 0. The number of hydrogen-bond acceptors (Lipinski definition) is 5. The van der Waals surface area contributed by atoms with Crippen molar-refractivity contribution in [3.8, 4) is 17.2 Å². The lowest BCUT2D eigenvalue weighted by Gasteiger charge is -2.13. The van der Waals surface area contributed by atoms with Crippen LogP contribution in [-0.2, 0) is 10.1 Å². The zero-order valence-electron chi connectivity index (χ0n) is 12.3. The highest BCUT2D eigenvalue weighted by molar-refractivity contribution is 7.87. The maximum Gasteiger partial charge on any atom is 0.339 e. The van der Waals surface area contributed by atoms with Gasteiger partial charge in [-0.25, -0.2) is 4.39 Å². The van der Waals surface area contributed by atoms with Gasteiger partial charge < -0.3 is 13.7 Å². The molecule has 0 spiro atoms. The minimum absolute atomic E-state index is 0.0746. The first-order valence-corrected chi connectivity index (χ1v) is 7.71. The maximum atomic E-state index is 13.1. The molecule has 7 heteroatoms. The molecule has 0 aliphatic carbocycles. The van der Waals surface area contributed by atoms with Crippen LogP contribution in [0.2, 0.25) is 0 Å². The molecule has 5 nitrogen and oxygen atoms in total. The number of aryl methyl sites for hydroxylation is 1. The average molecular weight is 326 g/mol. The number of rotatable bonds is 5. The Morgan fingerprint density at radius 1 is 1.00 bits per heavy atom. The Morgan fingerprint density at radius 3 is 2.23 bits per heavy atom. The molecule has 0 saturated carbocycles. The molecule has 0 aliphatic heterocycles. The Balaban J connectivity index is 2.45. The molecule has 0 N–H and O–H groups in total. The fourth-order valence-electron chi connectivity index (χ4n) is 1.92. The molecule has 0 saturated heterocycles. The lowest BCUT2D eigenvalue weighted by molar-refractivity contribution is 0.353. The first-order chi connectivity index (χ1) is 10.4. The minimum atomic E-state index is -4.12. The average Bonchev–Trinajstić information content (AvgIpc) is 2.46. The van der Waals surface area contributed by atoms with Crippen molar-refractivity contribution in [3.05, 3.63) is 47.8 Å². The van der Waals surface area contributed by atoms with E-state index in [1.807, 2.05) is 0 Å². The van der Waals surface area contributed by atoms with Gasteiger partial charge in [0.15, 0.2) is 11.5 Å². The predicted octanol–water partition coefficient (Wildman–Crippen LogP) is 2.92. The smallest absolute Gasteiger partial charge is 0.339 e. The molecule has 22 heavy (non-hydrogen) atoms. The van der Waals surface area contributed by atoms with Crippen LogP contribution in [0.4, 0.5) is 4.39 Å². The number of ether oxygens (including phenoxy) is 2. The second kappa shape index (κ2) is 6.23. The van der Waals surface area contributed by atoms with Gasteiger partial charge >= 0.3 is 10.1 Å². The van der Waals surface area contributed by atoms with Crippen molar-refractivity contribution >= 4 is 10.1 Å². The van der Waals surface area contributed by atoms with E-state index < -0.39 is 15.9 Å². The molecule has 0 unspecified atom stereocenters. The minimum Gasteiger partial charge on any atom is -0.493 e. The standard InChI is InChI=1S/C15H15FO5S/c1-10-7-13(19-2)14(20-3)9-15(10)22(17,18)21-12-6-4-5-11(16)8-12/h4-9H,1-3H3. The van der Waals surface area contributed by atoms with E-state index in [1.54, 1.807) is 6.92 Å². The van der Waals surface area contributed by atoms with Gasteiger partial charge in [-0.05, 0) is 30.7 Å². The molecular weight excluding hydrogens is 311 g/mol. The highest BCUT2D eigenvalue weighted by Crippen LogP contribution is 2.33. The van der Waals surface area contributed by atoms with Gasteiger partial charge in [0.05, 0.1) is 14.2 Å². The Bertz CT molecular complexity index is 787. The summed E-state index contributed by atoms with van der Waals surface area (Å²) in [6, 6.07) is 7.75. The summed E-state index contributed by atoms with van der Waals surface area (Å²) < 4.78 is 53.0. The molecule has 0 bridgehead atoms. The Morgan fingerprint density at radius 2 is 1.64 bits per heavy atom. The van der Waals surface area contributed by atoms with Crippen LogP contribution in [-0.4, -0.2) is 22.6 Å². The number of halogens is 1. The first kappa shape index (κ1) is 16.1. The zero-order chi connectivity index (χ0) is 16.3. The molecule has 0 amide bonds. The van der Waals surface area contributed by atoms with E-state index in [1.165, 1.54) is 44.6 Å². The van der Waals surface area contributed by atoms with E-state index in [9.17, 15) is 12.8 Å². The van der Waals surface area contributed by atoms with Gasteiger partial charge in [-0.2, -0.15) is 8.42 Å². The Kier molecular flexibility index (Phi) is 4.56. The second-order valence-electron chi connectivity index (χ2n) is 4.47. The van der Waals surface area contributed by atoms with E-state index in [2.05, 4.69) is 0 Å². The summed E-state index contributed by atoms with van der Waals surface area (Å²) in [5.41, 5.74) is 0.425. The summed E-state index contributed by atoms with van der Waals surface area (Å²) in [7, 11) is -1.27. The van der Waals surface area contributed by atoms with Crippen LogP contribution in [0.1, 0.15) is 5.56 Å². The second-order valence-corrected chi connectivity index (χ2v) is 5.98. The predicted molar refractivity (Wildman–Crippen MR) is 78.5 cm³/mol. The topological polar surface area (TPSA) is 61.8 Å². The highest BCUT2D eigenvalue weighted by atomic mass is 32.2. The highest BCUT2D eigenvalue weighted by Gasteiger charge is 2.22. The van der Waals surface area contributed by atoms with E-state index in [-0.39, 0.29) is 16.4 Å². The Hall–Kier alpha value is -2.28. The number of methoxy groups -OCH3 is 2. The molecule has 0 aromatic heterocycles. The molecule has 0 heterocycles. The van der Waals surface area contributed by atoms with Crippen molar-refractivity contribution < 1.29 is 26.5 Å².